The zero-order valence-electron chi connectivity index (χ0n) is 10.5. The van der Waals surface area contributed by atoms with E-state index in [0.29, 0.717) is 6.61 Å². The van der Waals surface area contributed by atoms with Crippen LogP contribution < -0.4 is 9.47 Å². The van der Waals surface area contributed by atoms with E-state index in [9.17, 15) is 0 Å². The van der Waals surface area contributed by atoms with Crippen molar-refractivity contribution in [2.24, 2.45) is 0 Å². The van der Waals surface area contributed by atoms with Gasteiger partial charge in [0, 0.05) is 28.5 Å². The standard InChI is InChI=1S/C14H16O3S/c1-3-16-10-17-14-9-18-8-12(14)11-6-4-5-7-13(11)15-2/h4-9H,3,10H2,1-2H3. The zero-order valence-corrected chi connectivity index (χ0v) is 11.3. The number of methoxy groups -OCH3 is 1. The van der Waals surface area contributed by atoms with Gasteiger partial charge < -0.3 is 14.2 Å². The largest absolute Gasteiger partial charge is 0.496 e. The molecule has 4 heteroatoms. The number of rotatable bonds is 6. The number of ether oxygens (including phenoxy) is 3. The Morgan fingerprint density at radius 1 is 1.06 bits per heavy atom. The van der Waals surface area contributed by atoms with E-state index in [4.69, 9.17) is 14.2 Å². The van der Waals surface area contributed by atoms with Crippen LogP contribution in [0.25, 0.3) is 11.1 Å². The van der Waals surface area contributed by atoms with E-state index in [1.165, 1.54) is 0 Å². The number of hydrogen-bond donors (Lipinski definition) is 0. The lowest BCUT2D eigenvalue weighted by Gasteiger charge is -2.10. The Morgan fingerprint density at radius 2 is 1.89 bits per heavy atom. The average Bonchev–Trinajstić information content (AvgIpc) is 2.87. The topological polar surface area (TPSA) is 27.7 Å². The van der Waals surface area contributed by atoms with E-state index >= 15 is 0 Å². The second-order valence-electron chi connectivity index (χ2n) is 3.60. The summed E-state index contributed by atoms with van der Waals surface area (Å²) >= 11 is 1.60. The quantitative estimate of drug-likeness (QED) is 0.587. The highest BCUT2D eigenvalue weighted by molar-refractivity contribution is 7.08. The van der Waals surface area contributed by atoms with E-state index in [1.54, 1.807) is 18.4 Å². The summed E-state index contributed by atoms with van der Waals surface area (Å²) < 4.78 is 16.2. The van der Waals surface area contributed by atoms with Gasteiger partial charge in [-0.1, -0.05) is 18.2 Å². The van der Waals surface area contributed by atoms with Crippen LogP contribution in [0.4, 0.5) is 0 Å². The highest BCUT2D eigenvalue weighted by Crippen LogP contribution is 2.38. The van der Waals surface area contributed by atoms with Gasteiger partial charge in [-0.2, -0.15) is 0 Å². The first kappa shape index (κ1) is 12.9. The lowest BCUT2D eigenvalue weighted by molar-refractivity contribution is 0.0230. The molecule has 2 rings (SSSR count). The summed E-state index contributed by atoms with van der Waals surface area (Å²) in [6.45, 7) is 2.86. The molecule has 0 saturated carbocycles. The Kier molecular flexibility index (Phi) is 4.61. The molecule has 0 spiro atoms. The summed E-state index contributed by atoms with van der Waals surface area (Å²) in [6.07, 6.45) is 0. The third-order valence-corrected chi connectivity index (χ3v) is 3.25. The SMILES string of the molecule is CCOCOc1cscc1-c1ccccc1OC. The maximum Gasteiger partial charge on any atom is 0.189 e. The minimum absolute atomic E-state index is 0.273. The fourth-order valence-corrected chi connectivity index (χ4v) is 2.41. The van der Waals surface area contributed by atoms with Gasteiger partial charge in [0.15, 0.2) is 6.79 Å². The van der Waals surface area contributed by atoms with E-state index in [2.05, 4.69) is 5.38 Å². The van der Waals surface area contributed by atoms with Crippen molar-refractivity contribution < 1.29 is 14.2 Å². The third-order valence-electron chi connectivity index (χ3n) is 2.53. The number of benzene rings is 1. The highest BCUT2D eigenvalue weighted by atomic mass is 32.1. The minimum atomic E-state index is 0.273. The first-order chi connectivity index (χ1) is 8.86. The molecule has 0 N–H and O–H groups in total. The Labute approximate surface area is 111 Å². The Hall–Kier alpha value is -1.52. The molecule has 2 aromatic rings. The summed E-state index contributed by atoms with van der Waals surface area (Å²) in [6, 6.07) is 7.91. The van der Waals surface area contributed by atoms with E-state index < -0.39 is 0 Å². The highest BCUT2D eigenvalue weighted by Gasteiger charge is 2.11. The van der Waals surface area contributed by atoms with Crippen molar-refractivity contribution in [1.82, 2.24) is 0 Å². The molecule has 0 fully saturated rings. The van der Waals surface area contributed by atoms with Crippen LogP contribution in [0.5, 0.6) is 11.5 Å². The minimum Gasteiger partial charge on any atom is -0.496 e. The van der Waals surface area contributed by atoms with Crippen molar-refractivity contribution in [3.63, 3.8) is 0 Å². The van der Waals surface area contributed by atoms with Crippen LogP contribution in [0.3, 0.4) is 0 Å². The molecular weight excluding hydrogens is 248 g/mol. The Morgan fingerprint density at radius 3 is 2.67 bits per heavy atom. The van der Waals surface area contributed by atoms with Gasteiger partial charge in [0.25, 0.3) is 0 Å². The molecule has 0 aliphatic rings. The monoisotopic (exact) mass is 264 g/mol. The van der Waals surface area contributed by atoms with Crippen molar-refractivity contribution in [1.29, 1.82) is 0 Å². The summed E-state index contributed by atoms with van der Waals surface area (Å²) in [4.78, 5) is 0. The van der Waals surface area contributed by atoms with Crippen LogP contribution in [0.15, 0.2) is 35.0 Å². The number of hydrogen-bond acceptors (Lipinski definition) is 4. The van der Waals surface area contributed by atoms with Crippen LogP contribution >= 0.6 is 11.3 Å². The fourth-order valence-electron chi connectivity index (χ4n) is 1.65. The Bertz CT molecular complexity index is 493. The van der Waals surface area contributed by atoms with Gasteiger partial charge in [-0.15, -0.1) is 11.3 Å². The summed E-state index contributed by atoms with van der Waals surface area (Å²) in [5, 5.41) is 4.03. The molecule has 0 unspecified atom stereocenters. The zero-order chi connectivity index (χ0) is 12.8. The van der Waals surface area contributed by atoms with Gasteiger partial charge >= 0.3 is 0 Å². The summed E-state index contributed by atoms with van der Waals surface area (Å²) in [7, 11) is 1.67. The lowest BCUT2D eigenvalue weighted by Crippen LogP contribution is -2.02. The molecule has 0 aliphatic heterocycles. The van der Waals surface area contributed by atoms with Gasteiger partial charge in [-0.05, 0) is 13.0 Å². The molecule has 0 amide bonds. The summed E-state index contributed by atoms with van der Waals surface area (Å²) in [5.74, 6) is 1.68. The molecule has 0 saturated heterocycles. The number of para-hydroxylation sites is 1. The van der Waals surface area contributed by atoms with Crippen molar-refractivity contribution in [2.75, 3.05) is 20.5 Å². The van der Waals surface area contributed by atoms with Gasteiger partial charge in [-0.3, -0.25) is 0 Å². The smallest absolute Gasteiger partial charge is 0.189 e. The molecule has 96 valence electrons. The van der Waals surface area contributed by atoms with Crippen molar-refractivity contribution in [3.8, 4) is 22.6 Å². The second kappa shape index (κ2) is 6.42. The molecule has 18 heavy (non-hydrogen) atoms. The number of thiophene rings is 1. The van der Waals surface area contributed by atoms with Gasteiger partial charge in [0.05, 0.1) is 7.11 Å². The molecule has 0 aliphatic carbocycles. The third kappa shape index (κ3) is 2.83. The average molecular weight is 264 g/mol. The van der Waals surface area contributed by atoms with Crippen molar-refractivity contribution >= 4 is 11.3 Å². The molecular formula is C14H16O3S. The Balaban J connectivity index is 2.25. The van der Waals surface area contributed by atoms with Crippen LogP contribution in [0, 0.1) is 0 Å². The van der Waals surface area contributed by atoms with Crippen molar-refractivity contribution in [3.05, 3.63) is 35.0 Å². The molecule has 0 bridgehead atoms. The molecule has 1 aromatic heterocycles. The normalized spacial score (nSPS) is 10.3. The predicted molar refractivity (Wildman–Crippen MR) is 73.4 cm³/mol. The maximum absolute atomic E-state index is 5.60. The first-order valence-electron chi connectivity index (χ1n) is 5.77. The van der Waals surface area contributed by atoms with Gasteiger partial charge in [0.2, 0.25) is 0 Å². The molecule has 1 heterocycles. The summed E-state index contributed by atoms with van der Waals surface area (Å²) in [5.41, 5.74) is 2.07. The molecule has 1 aromatic carbocycles. The predicted octanol–water partition coefficient (Wildman–Crippen LogP) is 3.80. The first-order valence-corrected chi connectivity index (χ1v) is 6.71. The second-order valence-corrected chi connectivity index (χ2v) is 4.35. The molecule has 3 nitrogen and oxygen atoms in total. The van der Waals surface area contributed by atoms with E-state index in [0.717, 1.165) is 22.6 Å². The maximum atomic E-state index is 5.60. The van der Waals surface area contributed by atoms with Crippen LogP contribution in [-0.2, 0) is 4.74 Å². The molecule has 0 atom stereocenters. The van der Waals surface area contributed by atoms with Gasteiger partial charge in [-0.25, -0.2) is 0 Å². The van der Waals surface area contributed by atoms with Gasteiger partial charge in [0.1, 0.15) is 11.5 Å². The lowest BCUT2D eigenvalue weighted by atomic mass is 10.1. The van der Waals surface area contributed by atoms with Crippen LogP contribution in [0.1, 0.15) is 6.92 Å². The van der Waals surface area contributed by atoms with E-state index in [1.807, 2.05) is 36.6 Å². The van der Waals surface area contributed by atoms with Crippen molar-refractivity contribution in [2.45, 2.75) is 6.92 Å². The van der Waals surface area contributed by atoms with E-state index in [-0.39, 0.29) is 6.79 Å². The fraction of sp³-hybridized carbons (Fsp3) is 0.286. The van der Waals surface area contributed by atoms with Crippen LogP contribution in [0.2, 0.25) is 0 Å². The molecule has 0 radical (unpaired) electrons. The van der Waals surface area contributed by atoms with Crippen LogP contribution in [-0.4, -0.2) is 20.5 Å².